The van der Waals surface area contributed by atoms with E-state index in [1.165, 1.54) is 7.11 Å². The van der Waals surface area contributed by atoms with E-state index >= 15 is 0 Å². The standard InChI is InChI=1S/C23H27N5O4/c1-12-4-7-14(8-5-12)24-23-27-20-19(22(31)28-23)15(11-18(29)26-20)21(30)25-16-10-13(2)6-9-17(16)32-3/h4-10,15,19-20,23-24,27H,11H2,1-3H3,(H,25,30)(H,26,29)(H,28,31). The molecule has 2 aliphatic rings. The molecule has 4 atom stereocenters. The maximum atomic E-state index is 13.1. The predicted octanol–water partition coefficient (Wildman–Crippen LogP) is 1.44. The molecule has 0 bridgehead atoms. The normalized spacial score (nSPS) is 24.6. The minimum Gasteiger partial charge on any atom is -0.495 e. The maximum absolute atomic E-state index is 13.1. The minimum absolute atomic E-state index is 0.0771. The summed E-state index contributed by atoms with van der Waals surface area (Å²) in [5.41, 5.74) is 3.38. The number of anilines is 2. The molecule has 0 saturated carbocycles. The number of piperidine rings is 1. The van der Waals surface area contributed by atoms with Crippen molar-refractivity contribution in [2.75, 3.05) is 17.7 Å². The molecule has 4 rings (SSSR count). The van der Waals surface area contributed by atoms with Gasteiger partial charge in [-0.1, -0.05) is 23.8 Å². The van der Waals surface area contributed by atoms with Crippen LogP contribution in [0.4, 0.5) is 11.4 Å². The lowest BCUT2D eigenvalue weighted by Gasteiger charge is -2.43. The number of carbonyl (C=O) groups excluding carboxylic acids is 3. The third-order valence-corrected chi connectivity index (χ3v) is 5.76. The van der Waals surface area contributed by atoms with Crippen LogP contribution in [0.5, 0.6) is 5.75 Å². The number of benzene rings is 2. The SMILES string of the molecule is COc1ccc(C)cc1NC(=O)C1CC(=O)NC2NC(Nc3ccc(C)cc3)NC(=O)C21. The summed E-state index contributed by atoms with van der Waals surface area (Å²) >= 11 is 0. The molecule has 2 aliphatic heterocycles. The molecule has 4 unspecified atom stereocenters. The van der Waals surface area contributed by atoms with E-state index < -0.39 is 30.2 Å². The Morgan fingerprint density at radius 2 is 1.75 bits per heavy atom. The van der Waals surface area contributed by atoms with Gasteiger partial charge in [-0.25, -0.2) is 0 Å². The third kappa shape index (κ3) is 4.52. The van der Waals surface area contributed by atoms with Gasteiger partial charge in [0.15, 0.2) is 6.29 Å². The Bertz CT molecular complexity index is 1040. The molecule has 0 aliphatic carbocycles. The molecule has 2 fully saturated rings. The molecule has 0 spiro atoms. The lowest BCUT2D eigenvalue weighted by Crippen LogP contribution is -2.72. The van der Waals surface area contributed by atoms with Gasteiger partial charge >= 0.3 is 0 Å². The van der Waals surface area contributed by atoms with Gasteiger partial charge in [-0.05, 0) is 43.7 Å². The number of methoxy groups -OCH3 is 1. The van der Waals surface area contributed by atoms with Crippen molar-refractivity contribution in [1.82, 2.24) is 16.0 Å². The second kappa shape index (κ2) is 8.88. The van der Waals surface area contributed by atoms with Gasteiger partial charge in [0.25, 0.3) is 0 Å². The Balaban J connectivity index is 1.50. The van der Waals surface area contributed by atoms with Crippen LogP contribution in [0.2, 0.25) is 0 Å². The number of hydrogen-bond acceptors (Lipinski definition) is 6. The van der Waals surface area contributed by atoms with E-state index in [0.717, 1.165) is 16.8 Å². The average Bonchev–Trinajstić information content (AvgIpc) is 2.74. The summed E-state index contributed by atoms with van der Waals surface area (Å²) in [6.07, 6.45) is -1.35. The summed E-state index contributed by atoms with van der Waals surface area (Å²) in [6.45, 7) is 3.89. The minimum atomic E-state index is -0.827. The Morgan fingerprint density at radius 3 is 2.47 bits per heavy atom. The lowest BCUT2D eigenvalue weighted by atomic mass is 9.81. The van der Waals surface area contributed by atoms with Crippen LogP contribution in [0.3, 0.4) is 0 Å². The number of ether oxygens (including phenoxy) is 1. The Labute approximate surface area is 186 Å². The van der Waals surface area contributed by atoms with Gasteiger partial charge in [0.2, 0.25) is 17.7 Å². The van der Waals surface area contributed by atoms with Crippen molar-refractivity contribution < 1.29 is 19.1 Å². The topological polar surface area (TPSA) is 121 Å². The number of hydrogen-bond donors (Lipinski definition) is 5. The first kappa shape index (κ1) is 21.6. The van der Waals surface area contributed by atoms with Crippen molar-refractivity contribution in [3.05, 3.63) is 53.6 Å². The highest BCUT2D eigenvalue weighted by Gasteiger charge is 2.48. The van der Waals surface area contributed by atoms with Crippen molar-refractivity contribution in [2.45, 2.75) is 32.7 Å². The monoisotopic (exact) mass is 437 g/mol. The van der Waals surface area contributed by atoms with Crippen molar-refractivity contribution in [3.8, 4) is 5.75 Å². The van der Waals surface area contributed by atoms with Crippen LogP contribution in [0.25, 0.3) is 0 Å². The quantitative estimate of drug-likeness (QED) is 0.483. The molecule has 168 valence electrons. The molecule has 9 heteroatoms. The van der Waals surface area contributed by atoms with Crippen molar-refractivity contribution in [3.63, 3.8) is 0 Å². The van der Waals surface area contributed by atoms with Crippen molar-refractivity contribution in [2.24, 2.45) is 11.8 Å². The number of nitrogens with one attached hydrogen (secondary N) is 5. The van der Waals surface area contributed by atoms with Crippen LogP contribution in [0.1, 0.15) is 17.5 Å². The predicted molar refractivity (Wildman–Crippen MR) is 120 cm³/mol. The van der Waals surface area contributed by atoms with Gasteiger partial charge in [-0.3, -0.25) is 19.7 Å². The molecule has 2 aromatic carbocycles. The smallest absolute Gasteiger partial charge is 0.229 e. The van der Waals surface area contributed by atoms with Crippen LogP contribution < -0.4 is 31.3 Å². The fraction of sp³-hybridized carbons (Fsp3) is 0.348. The zero-order valence-electron chi connectivity index (χ0n) is 18.2. The molecule has 9 nitrogen and oxygen atoms in total. The maximum Gasteiger partial charge on any atom is 0.229 e. The highest BCUT2D eigenvalue weighted by Crippen LogP contribution is 2.30. The first-order valence-corrected chi connectivity index (χ1v) is 10.5. The van der Waals surface area contributed by atoms with E-state index in [1.807, 2.05) is 44.2 Å². The molecule has 32 heavy (non-hydrogen) atoms. The van der Waals surface area contributed by atoms with Gasteiger partial charge in [-0.2, -0.15) is 0 Å². The molecular weight excluding hydrogens is 410 g/mol. The molecular formula is C23H27N5O4. The molecule has 3 amide bonds. The lowest BCUT2D eigenvalue weighted by molar-refractivity contribution is -0.144. The second-order valence-electron chi connectivity index (χ2n) is 8.19. The van der Waals surface area contributed by atoms with E-state index in [-0.39, 0.29) is 18.2 Å². The molecule has 2 saturated heterocycles. The van der Waals surface area contributed by atoms with E-state index in [2.05, 4.69) is 26.6 Å². The summed E-state index contributed by atoms with van der Waals surface area (Å²) < 4.78 is 5.32. The Morgan fingerprint density at radius 1 is 1.03 bits per heavy atom. The number of fused-ring (bicyclic) bond motifs is 1. The van der Waals surface area contributed by atoms with Crippen LogP contribution in [0, 0.1) is 25.7 Å². The fourth-order valence-corrected chi connectivity index (χ4v) is 4.12. The zero-order valence-corrected chi connectivity index (χ0v) is 18.2. The number of aryl methyl sites for hydroxylation is 2. The summed E-state index contributed by atoms with van der Waals surface area (Å²) in [7, 11) is 1.52. The van der Waals surface area contributed by atoms with Crippen LogP contribution in [-0.4, -0.2) is 37.3 Å². The number of carbonyl (C=O) groups is 3. The van der Waals surface area contributed by atoms with Gasteiger partial charge in [0.1, 0.15) is 5.75 Å². The van der Waals surface area contributed by atoms with Gasteiger partial charge < -0.3 is 26.0 Å². The summed E-state index contributed by atoms with van der Waals surface area (Å²) in [5.74, 6) is -2.07. The number of amides is 3. The van der Waals surface area contributed by atoms with E-state index in [0.29, 0.717) is 11.4 Å². The molecule has 2 aromatic rings. The highest BCUT2D eigenvalue weighted by atomic mass is 16.5. The molecule has 0 aromatic heterocycles. The highest BCUT2D eigenvalue weighted by molar-refractivity contribution is 6.01. The Hall–Kier alpha value is -3.59. The first-order valence-electron chi connectivity index (χ1n) is 10.5. The molecule has 2 heterocycles. The largest absolute Gasteiger partial charge is 0.495 e. The molecule has 0 radical (unpaired) electrons. The van der Waals surface area contributed by atoms with Crippen LogP contribution in [-0.2, 0) is 14.4 Å². The van der Waals surface area contributed by atoms with Crippen LogP contribution in [0.15, 0.2) is 42.5 Å². The summed E-state index contributed by atoms with van der Waals surface area (Å²) in [4.78, 5) is 38.5. The summed E-state index contributed by atoms with van der Waals surface area (Å²) in [6, 6.07) is 13.1. The van der Waals surface area contributed by atoms with E-state index in [4.69, 9.17) is 4.74 Å². The zero-order chi connectivity index (χ0) is 22.8. The van der Waals surface area contributed by atoms with Crippen LogP contribution >= 0.6 is 0 Å². The van der Waals surface area contributed by atoms with Crippen molar-refractivity contribution >= 4 is 29.1 Å². The van der Waals surface area contributed by atoms with E-state index in [1.54, 1.807) is 12.1 Å². The fourth-order valence-electron chi connectivity index (χ4n) is 4.12. The van der Waals surface area contributed by atoms with Gasteiger partial charge in [0.05, 0.1) is 30.8 Å². The second-order valence-corrected chi connectivity index (χ2v) is 8.19. The first-order chi connectivity index (χ1) is 15.3. The van der Waals surface area contributed by atoms with E-state index in [9.17, 15) is 14.4 Å². The van der Waals surface area contributed by atoms with Crippen molar-refractivity contribution in [1.29, 1.82) is 0 Å². The third-order valence-electron chi connectivity index (χ3n) is 5.76. The van der Waals surface area contributed by atoms with Gasteiger partial charge in [0, 0.05) is 12.1 Å². The Kier molecular flexibility index (Phi) is 6.00. The number of rotatable bonds is 5. The summed E-state index contributed by atoms with van der Waals surface area (Å²) in [5, 5.41) is 14.9. The molecule has 5 N–H and O–H groups in total. The van der Waals surface area contributed by atoms with Gasteiger partial charge in [-0.15, -0.1) is 0 Å². The average molecular weight is 438 g/mol.